The average Bonchev–Trinajstić information content (AvgIpc) is 2.56. The second kappa shape index (κ2) is 7.84. The van der Waals surface area contributed by atoms with Crippen molar-refractivity contribution >= 4 is 29.1 Å². The maximum Gasteiger partial charge on any atom is 0.256 e. The minimum atomic E-state index is -0.0559. The lowest BCUT2D eigenvalue weighted by atomic mass is 9.99. The third-order valence-electron chi connectivity index (χ3n) is 4.75. The molecule has 126 valence electrons. The quantitative estimate of drug-likeness (QED) is 0.905. The molecule has 3 rings (SSSR count). The molecule has 0 radical (unpaired) electrons. The van der Waals surface area contributed by atoms with Crippen LogP contribution in [0.3, 0.4) is 0 Å². The van der Waals surface area contributed by atoms with Gasteiger partial charge in [0, 0.05) is 32.7 Å². The molecular weight excluding hydrogens is 333 g/mol. The molecule has 0 bridgehead atoms. The molecule has 2 aliphatic rings. The first-order valence-electron chi connectivity index (χ1n) is 8.31. The van der Waals surface area contributed by atoms with Gasteiger partial charge in [0.05, 0.1) is 15.6 Å². The number of benzene rings is 1. The third kappa shape index (κ3) is 4.18. The SMILES string of the molecule is O=C(c1c(Cl)cccc1Cl)N1CCN(CC2CCCNC2)CC1. The molecule has 1 atom stereocenters. The molecule has 2 fully saturated rings. The summed E-state index contributed by atoms with van der Waals surface area (Å²) in [5, 5.41) is 4.32. The zero-order chi connectivity index (χ0) is 16.2. The third-order valence-corrected chi connectivity index (χ3v) is 5.38. The van der Waals surface area contributed by atoms with Gasteiger partial charge in [0.1, 0.15) is 0 Å². The van der Waals surface area contributed by atoms with Crippen LogP contribution in [0.2, 0.25) is 10.0 Å². The molecule has 2 saturated heterocycles. The Morgan fingerprint density at radius 3 is 2.48 bits per heavy atom. The minimum absolute atomic E-state index is 0.0559. The summed E-state index contributed by atoms with van der Waals surface area (Å²) in [5.41, 5.74) is 0.431. The van der Waals surface area contributed by atoms with Gasteiger partial charge in [-0.25, -0.2) is 0 Å². The number of piperazine rings is 1. The van der Waals surface area contributed by atoms with E-state index in [0.717, 1.165) is 51.7 Å². The first-order chi connectivity index (χ1) is 11.1. The van der Waals surface area contributed by atoms with Crippen LogP contribution in [0.4, 0.5) is 0 Å². The highest BCUT2D eigenvalue weighted by atomic mass is 35.5. The highest BCUT2D eigenvalue weighted by Crippen LogP contribution is 2.26. The number of nitrogens with one attached hydrogen (secondary N) is 1. The zero-order valence-corrected chi connectivity index (χ0v) is 14.7. The molecule has 6 heteroatoms. The van der Waals surface area contributed by atoms with Gasteiger partial charge in [0.25, 0.3) is 5.91 Å². The first-order valence-corrected chi connectivity index (χ1v) is 9.07. The van der Waals surface area contributed by atoms with E-state index in [0.29, 0.717) is 15.6 Å². The van der Waals surface area contributed by atoms with E-state index in [1.54, 1.807) is 18.2 Å². The van der Waals surface area contributed by atoms with E-state index in [-0.39, 0.29) is 5.91 Å². The van der Waals surface area contributed by atoms with Crippen molar-refractivity contribution < 1.29 is 4.79 Å². The van der Waals surface area contributed by atoms with Crippen molar-refractivity contribution in [2.45, 2.75) is 12.8 Å². The molecule has 0 spiro atoms. The summed E-state index contributed by atoms with van der Waals surface area (Å²) < 4.78 is 0. The van der Waals surface area contributed by atoms with Crippen molar-refractivity contribution in [3.63, 3.8) is 0 Å². The summed E-state index contributed by atoms with van der Waals surface area (Å²) in [4.78, 5) is 17.0. The number of hydrogen-bond acceptors (Lipinski definition) is 3. The predicted octanol–water partition coefficient (Wildman–Crippen LogP) is 2.75. The van der Waals surface area contributed by atoms with Crippen LogP contribution in [0.15, 0.2) is 18.2 Å². The lowest BCUT2D eigenvalue weighted by Crippen LogP contribution is -2.50. The molecule has 0 aromatic heterocycles. The number of carbonyl (C=O) groups is 1. The van der Waals surface area contributed by atoms with Gasteiger partial charge in [-0.05, 0) is 44.0 Å². The van der Waals surface area contributed by atoms with Crippen molar-refractivity contribution in [1.29, 1.82) is 0 Å². The van der Waals surface area contributed by atoms with Crippen LogP contribution in [0, 0.1) is 5.92 Å². The van der Waals surface area contributed by atoms with E-state index in [1.165, 1.54) is 12.8 Å². The van der Waals surface area contributed by atoms with Crippen molar-refractivity contribution in [3.8, 4) is 0 Å². The molecule has 23 heavy (non-hydrogen) atoms. The Kier molecular flexibility index (Phi) is 5.81. The van der Waals surface area contributed by atoms with Crippen LogP contribution in [-0.4, -0.2) is 61.5 Å². The van der Waals surface area contributed by atoms with Crippen molar-refractivity contribution in [2.75, 3.05) is 45.8 Å². The van der Waals surface area contributed by atoms with Crippen LogP contribution in [0.5, 0.6) is 0 Å². The molecule has 0 saturated carbocycles. The Labute approximate surface area is 147 Å². The fourth-order valence-electron chi connectivity index (χ4n) is 3.44. The predicted molar refractivity (Wildman–Crippen MR) is 94.4 cm³/mol. The molecule has 1 amide bonds. The molecule has 1 aromatic carbocycles. The molecular formula is C17H23Cl2N3O. The van der Waals surface area contributed by atoms with Gasteiger partial charge in [0.2, 0.25) is 0 Å². The number of halogens is 2. The van der Waals surface area contributed by atoms with Crippen LogP contribution in [0.1, 0.15) is 23.2 Å². The number of rotatable bonds is 3. The normalized spacial score (nSPS) is 23.0. The Morgan fingerprint density at radius 2 is 1.87 bits per heavy atom. The van der Waals surface area contributed by atoms with Crippen LogP contribution in [0.25, 0.3) is 0 Å². The number of hydrogen-bond donors (Lipinski definition) is 1. The van der Waals surface area contributed by atoms with Gasteiger partial charge in [-0.2, -0.15) is 0 Å². The topological polar surface area (TPSA) is 35.6 Å². The highest BCUT2D eigenvalue weighted by molar-refractivity contribution is 6.39. The lowest BCUT2D eigenvalue weighted by Gasteiger charge is -2.37. The van der Waals surface area contributed by atoms with E-state index in [1.807, 2.05) is 4.90 Å². The zero-order valence-electron chi connectivity index (χ0n) is 13.2. The molecule has 1 N–H and O–H groups in total. The monoisotopic (exact) mass is 355 g/mol. The Bertz CT molecular complexity index is 533. The second-order valence-corrected chi connectivity index (χ2v) is 7.22. The fourth-order valence-corrected chi connectivity index (χ4v) is 4.00. The van der Waals surface area contributed by atoms with Crippen LogP contribution < -0.4 is 5.32 Å². The van der Waals surface area contributed by atoms with Gasteiger partial charge < -0.3 is 10.2 Å². The summed E-state index contributed by atoms with van der Waals surface area (Å²) in [6.45, 7) is 6.71. The van der Waals surface area contributed by atoms with Crippen molar-refractivity contribution in [2.24, 2.45) is 5.92 Å². The summed E-state index contributed by atoms with van der Waals surface area (Å²) in [7, 11) is 0. The largest absolute Gasteiger partial charge is 0.336 e. The van der Waals surface area contributed by atoms with E-state index in [2.05, 4.69) is 10.2 Å². The number of amides is 1. The van der Waals surface area contributed by atoms with Crippen LogP contribution in [-0.2, 0) is 0 Å². The maximum absolute atomic E-state index is 12.7. The Morgan fingerprint density at radius 1 is 1.17 bits per heavy atom. The Balaban J connectivity index is 1.55. The first kappa shape index (κ1) is 17.0. The van der Waals surface area contributed by atoms with Gasteiger partial charge in [0.15, 0.2) is 0 Å². The average molecular weight is 356 g/mol. The van der Waals surface area contributed by atoms with E-state index in [9.17, 15) is 4.79 Å². The summed E-state index contributed by atoms with van der Waals surface area (Å²) in [6.07, 6.45) is 2.58. The van der Waals surface area contributed by atoms with E-state index in [4.69, 9.17) is 23.2 Å². The standard InChI is InChI=1S/C17H23Cl2N3O/c18-14-4-1-5-15(19)16(14)17(23)22-9-7-21(8-10-22)12-13-3-2-6-20-11-13/h1,4-5,13,20H,2-3,6-12H2. The molecule has 2 heterocycles. The van der Waals surface area contributed by atoms with Gasteiger partial charge in [-0.3, -0.25) is 9.69 Å². The van der Waals surface area contributed by atoms with Gasteiger partial charge in [-0.15, -0.1) is 0 Å². The summed E-state index contributed by atoms with van der Waals surface area (Å²) >= 11 is 12.3. The van der Waals surface area contributed by atoms with Gasteiger partial charge >= 0.3 is 0 Å². The second-order valence-electron chi connectivity index (χ2n) is 6.40. The van der Waals surface area contributed by atoms with Crippen LogP contribution >= 0.6 is 23.2 Å². The Hall–Kier alpha value is -0.810. The maximum atomic E-state index is 12.7. The minimum Gasteiger partial charge on any atom is -0.336 e. The van der Waals surface area contributed by atoms with E-state index < -0.39 is 0 Å². The summed E-state index contributed by atoms with van der Waals surface area (Å²) in [6, 6.07) is 5.19. The summed E-state index contributed by atoms with van der Waals surface area (Å²) in [5.74, 6) is 0.684. The molecule has 4 nitrogen and oxygen atoms in total. The molecule has 1 unspecified atom stereocenters. The van der Waals surface area contributed by atoms with Crippen molar-refractivity contribution in [1.82, 2.24) is 15.1 Å². The molecule has 0 aliphatic carbocycles. The molecule has 2 aliphatic heterocycles. The fraction of sp³-hybridized carbons (Fsp3) is 0.588. The lowest BCUT2D eigenvalue weighted by molar-refractivity contribution is 0.0610. The van der Waals surface area contributed by atoms with Crippen molar-refractivity contribution in [3.05, 3.63) is 33.8 Å². The highest BCUT2D eigenvalue weighted by Gasteiger charge is 2.26. The smallest absolute Gasteiger partial charge is 0.256 e. The molecule has 1 aromatic rings. The number of nitrogens with zero attached hydrogens (tertiary/aromatic N) is 2. The van der Waals surface area contributed by atoms with Gasteiger partial charge in [-0.1, -0.05) is 29.3 Å². The number of piperidine rings is 1. The number of carbonyl (C=O) groups excluding carboxylic acids is 1. The van der Waals surface area contributed by atoms with E-state index >= 15 is 0 Å².